The van der Waals surface area contributed by atoms with Crippen LogP contribution >= 0.6 is 11.3 Å². The minimum absolute atomic E-state index is 0.235. The summed E-state index contributed by atoms with van der Waals surface area (Å²) >= 11 is 1.07. The van der Waals surface area contributed by atoms with Gasteiger partial charge in [-0.25, -0.2) is 13.8 Å². The zero-order chi connectivity index (χ0) is 25.2. The minimum atomic E-state index is -1.22. The lowest BCUT2D eigenvalue weighted by atomic mass is 9.96. The summed E-state index contributed by atoms with van der Waals surface area (Å²) in [7, 11) is 0. The summed E-state index contributed by atoms with van der Waals surface area (Å²) in [4.78, 5) is 30.4. The SMILES string of the molecule is CC(C)(NC(=O)C1(C)CCCN1)C(=O)Nc1nc(-c2ccc(F)cc2)c(Oc2ccc(F)cc2)s1. The van der Waals surface area contributed by atoms with Gasteiger partial charge in [0, 0.05) is 5.56 Å². The molecule has 4 rings (SSSR count). The number of aromatic nitrogens is 1. The number of halogens is 2. The topological polar surface area (TPSA) is 92.4 Å². The molecule has 0 saturated carbocycles. The maximum atomic E-state index is 13.5. The van der Waals surface area contributed by atoms with Crippen molar-refractivity contribution >= 4 is 28.3 Å². The molecule has 10 heteroatoms. The van der Waals surface area contributed by atoms with Crippen molar-refractivity contribution in [1.29, 1.82) is 0 Å². The van der Waals surface area contributed by atoms with E-state index >= 15 is 0 Å². The summed E-state index contributed by atoms with van der Waals surface area (Å²) in [6.07, 6.45) is 1.58. The number of rotatable bonds is 7. The molecule has 1 fully saturated rings. The molecule has 0 bridgehead atoms. The van der Waals surface area contributed by atoms with Gasteiger partial charge in [0.05, 0.1) is 5.54 Å². The third-order valence-electron chi connectivity index (χ3n) is 5.82. The fourth-order valence-electron chi connectivity index (χ4n) is 3.65. The van der Waals surface area contributed by atoms with E-state index in [-0.39, 0.29) is 11.0 Å². The number of anilines is 1. The van der Waals surface area contributed by atoms with E-state index in [1.165, 1.54) is 36.4 Å². The van der Waals surface area contributed by atoms with Crippen molar-refractivity contribution in [2.24, 2.45) is 0 Å². The summed E-state index contributed by atoms with van der Waals surface area (Å²) in [5.41, 5.74) is -0.971. The highest BCUT2D eigenvalue weighted by Crippen LogP contribution is 2.41. The highest BCUT2D eigenvalue weighted by atomic mass is 32.1. The van der Waals surface area contributed by atoms with Gasteiger partial charge in [-0.2, -0.15) is 0 Å². The molecule has 3 aromatic rings. The van der Waals surface area contributed by atoms with Crippen molar-refractivity contribution in [2.75, 3.05) is 11.9 Å². The summed E-state index contributed by atoms with van der Waals surface area (Å²) in [5, 5.41) is 9.32. The first kappa shape index (κ1) is 24.7. The van der Waals surface area contributed by atoms with E-state index in [4.69, 9.17) is 4.74 Å². The number of benzene rings is 2. The maximum Gasteiger partial charge on any atom is 0.251 e. The Bertz CT molecular complexity index is 1220. The van der Waals surface area contributed by atoms with E-state index < -0.39 is 28.6 Å². The highest BCUT2D eigenvalue weighted by Gasteiger charge is 2.40. The Hall–Kier alpha value is -3.37. The van der Waals surface area contributed by atoms with E-state index in [2.05, 4.69) is 20.9 Å². The number of hydrogen-bond donors (Lipinski definition) is 3. The van der Waals surface area contributed by atoms with Crippen LogP contribution in [0.4, 0.5) is 13.9 Å². The normalized spacial score (nSPS) is 17.7. The molecule has 1 aromatic heterocycles. The predicted octanol–water partition coefficient (Wildman–Crippen LogP) is 4.86. The van der Waals surface area contributed by atoms with Gasteiger partial charge in [0.1, 0.15) is 28.6 Å². The molecule has 0 aliphatic carbocycles. The van der Waals surface area contributed by atoms with E-state index in [0.29, 0.717) is 28.5 Å². The van der Waals surface area contributed by atoms with Crippen LogP contribution in [0.15, 0.2) is 48.5 Å². The molecule has 35 heavy (non-hydrogen) atoms. The second-order valence-corrected chi connectivity index (χ2v) is 10.1. The maximum absolute atomic E-state index is 13.5. The summed E-state index contributed by atoms with van der Waals surface area (Å²) in [6, 6.07) is 11.2. The Labute approximate surface area is 205 Å². The fourth-order valence-corrected chi connectivity index (χ4v) is 4.50. The molecule has 1 unspecified atom stereocenters. The second-order valence-electron chi connectivity index (χ2n) is 9.11. The summed E-state index contributed by atoms with van der Waals surface area (Å²) < 4.78 is 32.7. The van der Waals surface area contributed by atoms with Gasteiger partial charge < -0.3 is 15.4 Å². The summed E-state index contributed by atoms with van der Waals surface area (Å²) in [5.74, 6) is -1.14. The number of carbonyl (C=O) groups excluding carboxylic acids is 2. The van der Waals surface area contributed by atoms with Crippen LogP contribution in [0.2, 0.25) is 0 Å². The zero-order valence-electron chi connectivity index (χ0n) is 19.6. The zero-order valence-corrected chi connectivity index (χ0v) is 20.4. The first-order chi connectivity index (χ1) is 16.6. The molecule has 2 aromatic carbocycles. The van der Waals surface area contributed by atoms with Crippen LogP contribution in [0.25, 0.3) is 11.3 Å². The largest absolute Gasteiger partial charge is 0.444 e. The highest BCUT2D eigenvalue weighted by molar-refractivity contribution is 7.18. The van der Waals surface area contributed by atoms with E-state index in [1.807, 2.05) is 6.92 Å². The van der Waals surface area contributed by atoms with Crippen molar-refractivity contribution in [1.82, 2.24) is 15.6 Å². The van der Waals surface area contributed by atoms with Crippen molar-refractivity contribution in [2.45, 2.75) is 44.7 Å². The molecule has 1 saturated heterocycles. The molecule has 1 atom stereocenters. The third-order valence-corrected chi connectivity index (χ3v) is 6.67. The average Bonchev–Trinajstić information content (AvgIpc) is 3.43. The van der Waals surface area contributed by atoms with Crippen molar-refractivity contribution in [3.63, 3.8) is 0 Å². The minimum Gasteiger partial charge on any atom is -0.444 e. The predicted molar refractivity (Wildman–Crippen MR) is 130 cm³/mol. The number of ether oxygens (including phenoxy) is 1. The standard InChI is InChI=1S/C25H26F2N4O3S/c1-24(2,31-22(33)25(3)13-4-14-28-25)21(32)30-23-29-19(15-5-7-16(26)8-6-15)20(35-23)34-18-11-9-17(27)10-12-18/h5-12,28H,4,13-14H2,1-3H3,(H,31,33)(H,29,30,32). The van der Waals surface area contributed by atoms with Crippen LogP contribution in [-0.2, 0) is 9.59 Å². The number of nitrogens with zero attached hydrogens (tertiary/aromatic N) is 1. The van der Waals surface area contributed by atoms with Crippen LogP contribution in [-0.4, -0.2) is 34.4 Å². The lowest BCUT2D eigenvalue weighted by Gasteiger charge is -2.30. The molecule has 3 N–H and O–H groups in total. The molecule has 0 spiro atoms. The van der Waals surface area contributed by atoms with Gasteiger partial charge in [0.2, 0.25) is 11.0 Å². The third kappa shape index (κ3) is 5.66. The number of carbonyl (C=O) groups is 2. The van der Waals surface area contributed by atoms with Gasteiger partial charge >= 0.3 is 0 Å². The van der Waals surface area contributed by atoms with Gasteiger partial charge in [0.15, 0.2) is 5.13 Å². The molecular weight excluding hydrogens is 474 g/mol. The molecule has 1 aliphatic heterocycles. The molecule has 2 amide bonds. The Morgan fingerprint density at radius 1 is 1.09 bits per heavy atom. The molecule has 7 nitrogen and oxygen atoms in total. The van der Waals surface area contributed by atoms with Crippen LogP contribution < -0.4 is 20.7 Å². The van der Waals surface area contributed by atoms with Crippen LogP contribution in [0, 0.1) is 11.6 Å². The van der Waals surface area contributed by atoms with Crippen molar-refractivity contribution in [3.05, 3.63) is 60.2 Å². The van der Waals surface area contributed by atoms with Gasteiger partial charge in [-0.05, 0) is 88.7 Å². The first-order valence-corrected chi connectivity index (χ1v) is 12.0. The van der Waals surface area contributed by atoms with Crippen LogP contribution in [0.3, 0.4) is 0 Å². The smallest absolute Gasteiger partial charge is 0.251 e. The van der Waals surface area contributed by atoms with Crippen molar-refractivity contribution in [3.8, 4) is 22.1 Å². The van der Waals surface area contributed by atoms with Crippen LogP contribution in [0.5, 0.6) is 10.8 Å². The van der Waals surface area contributed by atoms with Crippen molar-refractivity contribution < 1.29 is 23.1 Å². The molecule has 184 valence electrons. The molecular formula is C25H26F2N4O3S. The summed E-state index contributed by atoms with van der Waals surface area (Å²) in [6.45, 7) is 5.79. The van der Waals surface area contributed by atoms with Gasteiger partial charge in [-0.3, -0.25) is 14.9 Å². The fraction of sp³-hybridized carbons (Fsp3) is 0.320. The Kier molecular flexibility index (Phi) is 6.86. The van der Waals surface area contributed by atoms with E-state index in [9.17, 15) is 18.4 Å². The lowest BCUT2D eigenvalue weighted by molar-refractivity contribution is -0.132. The Balaban J connectivity index is 1.56. The van der Waals surface area contributed by atoms with E-state index in [0.717, 1.165) is 24.3 Å². The molecule has 2 heterocycles. The number of thiazole rings is 1. The Morgan fingerprint density at radius 3 is 2.31 bits per heavy atom. The lowest BCUT2D eigenvalue weighted by Crippen LogP contribution is -2.60. The Morgan fingerprint density at radius 2 is 1.71 bits per heavy atom. The quantitative estimate of drug-likeness (QED) is 0.431. The molecule has 1 aliphatic rings. The van der Waals surface area contributed by atoms with E-state index in [1.54, 1.807) is 26.0 Å². The second kappa shape index (κ2) is 9.71. The average molecular weight is 501 g/mol. The molecule has 0 radical (unpaired) electrons. The number of nitrogens with one attached hydrogen (secondary N) is 3. The van der Waals surface area contributed by atoms with Crippen LogP contribution in [0.1, 0.15) is 33.6 Å². The van der Waals surface area contributed by atoms with Gasteiger partial charge in [0.25, 0.3) is 5.91 Å². The number of hydrogen-bond acceptors (Lipinski definition) is 6. The first-order valence-electron chi connectivity index (χ1n) is 11.1. The number of amides is 2. The van der Waals surface area contributed by atoms with Gasteiger partial charge in [-0.15, -0.1) is 0 Å². The monoisotopic (exact) mass is 500 g/mol. The van der Waals surface area contributed by atoms with Gasteiger partial charge in [-0.1, -0.05) is 11.3 Å².